The van der Waals surface area contributed by atoms with Gasteiger partial charge in [0.25, 0.3) is 0 Å². The Balaban J connectivity index is 2.90. The number of nitrogens with zero attached hydrogens (tertiary/aromatic N) is 2. The number of carbonyl (C=O) groups is 1. The summed E-state index contributed by atoms with van der Waals surface area (Å²) in [5, 5.41) is 20.1. The van der Waals surface area contributed by atoms with Gasteiger partial charge in [-0.2, -0.15) is 0 Å². The second-order valence-corrected chi connectivity index (χ2v) is 4.02. The fraction of sp³-hybridized carbons (Fsp3) is 0.300. The van der Waals surface area contributed by atoms with Crippen LogP contribution in [-0.4, -0.2) is 33.2 Å². The molecule has 0 saturated heterocycles. The van der Waals surface area contributed by atoms with E-state index in [4.69, 9.17) is 0 Å². The number of benzene rings is 1. The lowest BCUT2D eigenvalue weighted by molar-refractivity contribution is -0.385. The van der Waals surface area contributed by atoms with Crippen molar-refractivity contribution in [1.82, 2.24) is 4.90 Å². The van der Waals surface area contributed by atoms with E-state index in [-0.39, 0.29) is 29.2 Å². The Morgan fingerprint density at radius 2 is 2.24 bits per heavy atom. The van der Waals surface area contributed by atoms with E-state index in [9.17, 15) is 20.0 Å². The number of amides is 1. The van der Waals surface area contributed by atoms with Crippen molar-refractivity contribution < 1.29 is 14.8 Å². The summed E-state index contributed by atoms with van der Waals surface area (Å²) in [7, 11) is 1.60. The van der Waals surface area contributed by atoms with Crippen LogP contribution in [0.5, 0.6) is 5.75 Å². The number of nitro groups is 1. The van der Waals surface area contributed by atoms with Crippen LogP contribution in [-0.2, 0) is 11.3 Å². The van der Waals surface area contributed by atoms with Gasteiger partial charge >= 0.3 is 5.69 Å². The van der Waals surface area contributed by atoms with Gasteiger partial charge in [-0.15, -0.1) is 0 Å². The van der Waals surface area contributed by atoms with Gasteiger partial charge in [-0.3, -0.25) is 14.9 Å². The highest BCUT2D eigenvalue weighted by Gasteiger charge is 2.15. The van der Waals surface area contributed by atoms with Gasteiger partial charge in [0.15, 0.2) is 5.75 Å². The van der Waals surface area contributed by atoms with Gasteiger partial charge in [-0.1, -0.05) is 22.0 Å². The molecule has 0 atom stereocenters. The molecule has 17 heavy (non-hydrogen) atoms. The molecule has 0 aliphatic heterocycles. The fourth-order valence-corrected chi connectivity index (χ4v) is 1.71. The van der Waals surface area contributed by atoms with Crippen molar-refractivity contribution in [2.45, 2.75) is 6.54 Å². The van der Waals surface area contributed by atoms with Gasteiger partial charge < -0.3 is 10.0 Å². The number of carbonyl (C=O) groups excluding carboxylic acids is 1. The number of aromatic hydroxyl groups is 1. The fourth-order valence-electron chi connectivity index (χ4n) is 1.28. The van der Waals surface area contributed by atoms with Crippen LogP contribution in [0, 0.1) is 10.1 Å². The molecule has 1 aromatic rings. The standard InChI is InChI=1S/C10H11BrN2O4/c1-12(10(15)5-11)6-7-2-3-9(14)8(4-7)13(16)17/h2-4,14H,5-6H2,1H3. The van der Waals surface area contributed by atoms with Gasteiger partial charge in [0.1, 0.15) is 0 Å². The highest BCUT2D eigenvalue weighted by atomic mass is 79.9. The van der Waals surface area contributed by atoms with E-state index in [0.29, 0.717) is 5.56 Å². The van der Waals surface area contributed by atoms with Crippen molar-refractivity contribution in [3.05, 3.63) is 33.9 Å². The first kappa shape index (κ1) is 13.4. The zero-order valence-electron chi connectivity index (χ0n) is 9.09. The molecule has 6 nitrogen and oxygen atoms in total. The van der Waals surface area contributed by atoms with E-state index in [1.165, 1.54) is 17.0 Å². The predicted octanol–water partition coefficient (Wildman–Crippen LogP) is 1.65. The van der Waals surface area contributed by atoms with E-state index < -0.39 is 4.92 Å². The maximum Gasteiger partial charge on any atom is 0.311 e. The molecule has 0 fully saturated rings. The molecule has 1 amide bonds. The number of hydrogen-bond donors (Lipinski definition) is 1. The van der Waals surface area contributed by atoms with Gasteiger partial charge in [0.05, 0.1) is 10.3 Å². The van der Waals surface area contributed by atoms with Gasteiger partial charge in [0.2, 0.25) is 5.91 Å². The summed E-state index contributed by atoms with van der Waals surface area (Å²) in [4.78, 5) is 22.7. The number of nitro benzene ring substituents is 1. The third-order valence-electron chi connectivity index (χ3n) is 2.20. The first-order valence-electron chi connectivity index (χ1n) is 4.72. The maximum atomic E-state index is 11.3. The second-order valence-electron chi connectivity index (χ2n) is 3.46. The minimum absolute atomic E-state index is 0.124. The van der Waals surface area contributed by atoms with E-state index in [1.807, 2.05) is 0 Å². The number of phenols is 1. The van der Waals surface area contributed by atoms with Crippen LogP contribution < -0.4 is 0 Å². The zero-order valence-corrected chi connectivity index (χ0v) is 10.7. The van der Waals surface area contributed by atoms with Crippen LogP contribution in [0.25, 0.3) is 0 Å². The number of halogens is 1. The average molecular weight is 303 g/mol. The molecule has 1 rings (SSSR count). The highest BCUT2D eigenvalue weighted by Crippen LogP contribution is 2.26. The smallest absolute Gasteiger partial charge is 0.311 e. The number of alkyl halides is 1. The third kappa shape index (κ3) is 3.42. The first-order chi connectivity index (χ1) is 7.95. The third-order valence-corrected chi connectivity index (χ3v) is 2.68. The molecule has 0 bridgehead atoms. The lowest BCUT2D eigenvalue weighted by atomic mass is 10.2. The SMILES string of the molecule is CN(Cc1ccc(O)c([N+](=O)[O-])c1)C(=O)CBr. The lowest BCUT2D eigenvalue weighted by Crippen LogP contribution is -2.26. The number of rotatable bonds is 4. The van der Waals surface area contributed by atoms with Crippen molar-refractivity contribution in [1.29, 1.82) is 0 Å². The van der Waals surface area contributed by atoms with E-state index in [0.717, 1.165) is 0 Å². The van der Waals surface area contributed by atoms with E-state index >= 15 is 0 Å². The van der Waals surface area contributed by atoms with Crippen molar-refractivity contribution in [2.24, 2.45) is 0 Å². The van der Waals surface area contributed by atoms with Crippen LogP contribution >= 0.6 is 15.9 Å². The summed E-state index contributed by atoms with van der Waals surface area (Å²) >= 11 is 3.04. The Hall–Kier alpha value is -1.63. The first-order valence-corrected chi connectivity index (χ1v) is 5.84. The topological polar surface area (TPSA) is 83.7 Å². The Morgan fingerprint density at radius 3 is 2.76 bits per heavy atom. The monoisotopic (exact) mass is 302 g/mol. The van der Waals surface area contributed by atoms with Crippen LogP contribution in [0.3, 0.4) is 0 Å². The van der Waals surface area contributed by atoms with Crippen molar-refractivity contribution >= 4 is 27.5 Å². The van der Waals surface area contributed by atoms with Crippen LogP contribution in [0.4, 0.5) is 5.69 Å². The molecule has 0 unspecified atom stereocenters. The highest BCUT2D eigenvalue weighted by molar-refractivity contribution is 9.09. The Bertz CT molecular complexity index is 450. The summed E-state index contributed by atoms with van der Waals surface area (Å²) in [6, 6.07) is 4.05. The molecule has 0 aliphatic carbocycles. The molecular weight excluding hydrogens is 292 g/mol. The molecular formula is C10H11BrN2O4. The van der Waals surface area contributed by atoms with Gasteiger partial charge in [-0.25, -0.2) is 0 Å². The number of phenolic OH excluding ortho intramolecular Hbond substituents is 1. The van der Waals surface area contributed by atoms with E-state index in [2.05, 4.69) is 15.9 Å². The molecule has 7 heteroatoms. The Kier molecular flexibility index (Phi) is 4.45. The molecule has 0 aliphatic rings. The Morgan fingerprint density at radius 1 is 1.59 bits per heavy atom. The molecule has 1 aromatic carbocycles. The summed E-state index contributed by atoms with van der Waals surface area (Å²) < 4.78 is 0. The van der Waals surface area contributed by atoms with Crippen LogP contribution in [0.2, 0.25) is 0 Å². The van der Waals surface area contributed by atoms with Crippen molar-refractivity contribution in [3.63, 3.8) is 0 Å². The van der Waals surface area contributed by atoms with Crippen LogP contribution in [0.1, 0.15) is 5.56 Å². The Labute approximate surface area is 106 Å². The quantitative estimate of drug-likeness (QED) is 0.521. The minimum atomic E-state index is -0.662. The summed E-state index contributed by atoms with van der Waals surface area (Å²) in [5.41, 5.74) is 0.230. The van der Waals surface area contributed by atoms with Gasteiger partial charge in [0, 0.05) is 19.7 Å². The van der Waals surface area contributed by atoms with Crippen molar-refractivity contribution in [3.8, 4) is 5.75 Å². The molecule has 0 spiro atoms. The maximum absolute atomic E-state index is 11.3. The zero-order chi connectivity index (χ0) is 13.0. The molecule has 92 valence electrons. The molecule has 0 aromatic heterocycles. The van der Waals surface area contributed by atoms with Gasteiger partial charge in [-0.05, 0) is 11.6 Å². The van der Waals surface area contributed by atoms with Crippen molar-refractivity contribution in [2.75, 3.05) is 12.4 Å². The summed E-state index contributed by atoms with van der Waals surface area (Å²) in [5.74, 6) is -0.506. The normalized spacial score (nSPS) is 10.0. The predicted molar refractivity (Wildman–Crippen MR) is 65.0 cm³/mol. The van der Waals surface area contributed by atoms with E-state index in [1.54, 1.807) is 13.1 Å². The molecule has 1 N–H and O–H groups in total. The molecule has 0 radical (unpaired) electrons. The second kappa shape index (κ2) is 5.62. The number of hydrogen-bond acceptors (Lipinski definition) is 4. The minimum Gasteiger partial charge on any atom is -0.502 e. The molecule has 0 saturated carbocycles. The largest absolute Gasteiger partial charge is 0.502 e. The van der Waals surface area contributed by atoms with Crippen LogP contribution in [0.15, 0.2) is 18.2 Å². The summed E-state index contributed by atoms with van der Waals surface area (Å²) in [6.45, 7) is 0.256. The lowest BCUT2D eigenvalue weighted by Gasteiger charge is -2.15. The average Bonchev–Trinajstić information content (AvgIpc) is 2.30. The summed E-state index contributed by atoms with van der Waals surface area (Å²) in [6.07, 6.45) is 0. The molecule has 0 heterocycles.